The predicted molar refractivity (Wildman–Crippen MR) is 110 cm³/mol. The summed E-state index contributed by atoms with van der Waals surface area (Å²) < 4.78 is 0. The van der Waals surface area contributed by atoms with Crippen LogP contribution in [-0.4, -0.2) is 0 Å². The normalized spacial score (nSPS) is 9.86. The summed E-state index contributed by atoms with van der Waals surface area (Å²) in [6, 6.07) is 32.4. The van der Waals surface area contributed by atoms with Crippen LogP contribution < -0.4 is 61.4 Å². The van der Waals surface area contributed by atoms with E-state index in [9.17, 15) is 0 Å². The van der Waals surface area contributed by atoms with E-state index in [0.717, 1.165) is 22.4 Å². The molecule has 5 rings (SSSR count). The summed E-state index contributed by atoms with van der Waals surface area (Å²) in [6.45, 7) is 0. The number of pyridine rings is 2. The third kappa shape index (κ3) is 5.25. The van der Waals surface area contributed by atoms with Crippen molar-refractivity contribution in [3.8, 4) is 0 Å². The fraction of sp³-hybridized carbons (Fsp3) is 0. The van der Waals surface area contributed by atoms with Crippen LogP contribution in [0.3, 0.4) is 0 Å². The third-order valence-electron chi connectivity index (χ3n) is 4.24. The van der Waals surface area contributed by atoms with Crippen LogP contribution >= 0.6 is 0 Å². The summed E-state index contributed by atoms with van der Waals surface area (Å²) in [5, 5.41) is 6.89. The smallest absolute Gasteiger partial charge is 0.658 e. The van der Waals surface area contributed by atoms with E-state index in [1.54, 1.807) is 0 Å². The van der Waals surface area contributed by atoms with Crippen molar-refractivity contribution in [1.82, 2.24) is 0 Å². The van der Waals surface area contributed by atoms with Crippen LogP contribution in [0.5, 0.6) is 0 Å². The molecule has 28 heavy (non-hydrogen) atoms. The number of aromatic amines is 2. The van der Waals surface area contributed by atoms with E-state index in [-0.39, 0.29) is 51.4 Å². The Bertz CT molecular complexity index is 1050. The average molecular weight is 390 g/mol. The Morgan fingerprint density at radius 1 is 0.464 bits per heavy atom. The zero-order chi connectivity index (χ0) is 18.3. The monoisotopic (exact) mass is 389 g/mol. The number of para-hydroxylation sites is 2. The van der Waals surface area contributed by atoms with Gasteiger partial charge in [-0.2, -0.15) is 0 Å². The van der Waals surface area contributed by atoms with Gasteiger partial charge in [0.15, 0.2) is 12.4 Å². The van der Waals surface area contributed by atoms with Gasteiger partial charge in [0.25, 0.3) is 11.0 Å². The molecule has 4 heteroatoms. The Morgan fingerprint density at radius 2 is 0.893 bits per heavy atom. The predicted octanol–water partition coefficient (Wildman–Crippen LogP) is 2.65. The fourth-order valence-corrected chi connectivity index (χ4v) is 2.94. The number of hydrogen-bond donors (Lipinski definition) is 0. The fourth-order valence-electron chi connectivity index (χ4n) is 2.94. The molecule has 5 aromatic rings. The van der Waals surface area contributed by atoms with Crippen LogP contribution in [0.1, 0.15) is 0 Å². The second-order valence-electron chi connectivity index (χ2n) is 6.12. The summed E-state index contributed by atoms with van der Waals surface area (Å²) >= 11 is 0. The van der Waals surface area contributed by atoms with E-state index < -0.39 is 0 Å². The molecule has 0 saturated carbocycles. The molecule has 130 valence electrons. The second kappa shape index (κ2) is 10.5. The molecule has 2 heterocycles. The molecule has 0 atom stereocenters. The molecule has 0 spiro atoms. The first-order valence-corrected chi connectivity index (χ1v) is 8.92. The van der Waals surface area contributed by atoms with Crippen molar-refractivity contribution in [1.29, 1.82) is 0 Å². The van der Waals surface area contributed by atoms with Crippen LogP contribution in [0.2, 0.25) is 0 Å². The Balaban J connectivity index is 0.000000156. The summed E-state index contributed by atoms with van der Waals surface area (Å²) in [7, 11) is 0. The molecule has 2 aromatic heterocycles. The molecule has 0 aliphatic rings. The van der Waals surface area contributed by atoms with Crippen molar-refractivity contribution in [3.63, 3.8) is 0 Å². The van der Waals surface area contributed by atoms with Crippen molar-refractivity contribution < 1.29 is 61.4 Å². The SMILES string of the molecule is [K+].c1c[nH+]c2c(c1)ccc1ccc[nH+]c12.c1ccc([N-]c2ccccc2)cc1. The Labute approximate surface area is 207 Å². The number of hydrogen-bond acceptors (Lipinski definition) is 0. The van der Waals surface area contributed by atoms with Gasteiger partial charge in [-0.3, -0.25) is 0 Å². The van der Waals surface area contributed by atoms with Crippen molar-refractivity contribution in [2.45, 2.75) is 0 Å². The standard InChI is InChI=1S/C12H8N2.C12H10N.K/c1-3-9-5-6-10-4-2-8-14-12(10)11(9)13-7-1;1-3-7-11(8-4-1)13-12-9-5-2-6-10-12;/h1-8H;1-10H;/q;-1;+1/p+2. The molecule has 0 fully saturated rings. The van der Waals surface area contributed by atoms with Crippen molar-refractivity contribution in [3.05, 3.63) is 115 Å². The van der Waals surface area contributed by atoms with Crippen LogP contribution in [0, 0.1) is 0 Å². The third-order valence-corrected chi connectivity index (χ3v) is 4.24. The molecule has 3 nitrogen and oxygen atoms in total. The van der Waals surface area contributed by atoms with E-state index >= 15 is 0 Å². The molecular weight excluding hydrogens is 369 g/mol. The number of aromatic nitrogens is 2. The molecule has 0 bridgehead atoms. The summed E-state index contributed by atoms with van der Waals surface area (Å²) in [5.41, 5.74) is 4.30. The minimum Gasteiger partial charge on any atom is -0.658 e. The summed E-state index contributed by atoms with van der Waals surface area (Å²) in [6.07, 6.45) is 3.89. The number of nitrogens with one attached hydrogen (secondary N) is 2. The van der Waals surface area contributed by atoms with Crippen molar-refractivity contribution in [2.24, 2.45) is 0 Å². The summed E-state index contributed by atoms with van der Waals surface area (Å²) in [5.74, 6) is 0. The van der Waals surface area contributed by atoms with Crippen molar-refractivity contribution >= 4 is 33.2 Å². The minimum absolute atomic E-state index is 0. The van der Waals surface area contributed by atoms with Gasteiger partial charge in [-0.25, -0.2) is 9.97 Å². The van der Waals surface area contributed by atoms with Crippen LogP contribution in [-0.2, 0) is 0 Å². The van der Waals surface area contributed by atoms with Gasteiger partial charge < -0.3 is 5.32 Å². The molecule has 0 radical (unpaired) electrons. The molecule has 0 amide bonds. The molecule has 3 aromatic carbocycles. The van der Waals surface area contributed by atoms with Gasteiger partial charge in [0.2, 0.25) is 0 Å². The topological polar surface area (TPSA) is 42.4 Å². The average Bonchev–Trinajstić information content (AvgIpc) is 2.76. The van der Waals surface area contributed by atoms with E-state index in [0.29, 0.717) is 0 Å². The Morgan fingerprint density at radius 3 is 1.32 bits per heavy atom. The van der Waals surface area contributed by atoms with Crippen LogP contribution in [0.15, 0.2) is 109 Å². The maximum absolute atomic E-state index is 4.44. The Kier molecular flexibility index (Phi) is 7.71. The molecule has 0 aliphatic carbocycles. The van der Waals surface area contributed by atoms with Crippen LogP contribution in [0.25, 0.3) is 27.1 Å². The number of fused-ring (bicyclic) bond motifs is 3. The number of H-pyrrole nitrogens is 2. The number of benzene rings is 3. The molecular formula is C24H20KN3+2. The van der Waals surface area contributed by atoms with Gasteiger partial charge in [0.05, 0.1) is 10.8 Å². The van der Waals surface area contributed by atoms with Gasteiger partial charge in [0, 0.05) is 12.1 Å². The zero-order valence-electron chi connectivity index (χ0n) is 15.8. The first-order valence-electron chi connectivity index (χ1n) is 8.92. The van der Waals surface area contributed by atoms with Crippen molar-refractivity contribution in [2.75, 3.05) is 0 Å². The van der Waals surface area contributed by atoms with E-state index in [4.69, 9.17) is 0 Å². The first kappa shape index (κ1) is 20.6. The maximum atomic E-state index is 4.44. The quantitative estimate of drug-likeness (QED) is 0.329. The molecule has 0 aliphatic heterocycles. The summed E-state index contributed by atoms with van der Waals surface area (Å²) in [4.78, 5) is 6.53. The Hall–Kier alpha value is -2.08. The number of rotatable bonds is 2. The van der Waals surface area contributed by atoms with Crippen LogP contribution in [0.4, 0.5) is 11.4 Å². The molecule has 0 saturated heterocycles. The first-order chi connectivity index (χ1) is 13.4. The largest absolute Gasteiger partial charge is 1.00 e. The van der Waals surface area contributed by atoms with Gasteiger partial charge in [-0.1, -0.05) is 60.7 Å². The van der Waals surface area contributed by atoms with Gasteiger partial charge >= 0.3 is 51.4 Å². The van der Waals surface area contributed by atoms with Gasteiger partial charge in [-0.05, 0) is 24.3 Å². The van der Waals surface area contributed by atoms with Gasteiger partial charge in [0.1, 0.15) is 0 Å². The van der Waals surface area contributed by atoms with Gasteiger partial charge in [-0.15, -0.1) is 11.4 Å². The minimum atomic E-state index is 0. The zero-order valence-corrected chi connectivity index (χ0v) is 19.0. The number of nitrogens with zero attached hydrogens (tertiary/aromatic N) is 1. The maximum Gasteiger partial charge on any atom is 1.00 e. The van der Waals surface area contributed by atoms with E-state index in [2.05, 4.69) is 39.6 Å². The van der Waals surface area contributed by atoms with E-state index in [1.807, 2.05) is 85.2 Å². The molecule has 0 unspecified atom stereocenters. The molecule has 2 N–H and O–H groups in total. The second-order valence-corrected chi connectivity index (χ2v) is 6.12. The van der Waals surface area contributed by atoms with E-state index in [1.165, 1.54) is 10.8 Å².